The number of halogens is 3. The minimum Gasteiger partial charge on any atom is -0.505 e. The average Bonchev–Trinajstić information content (AvgIpc) is 2.45. The molecule has 4 heteroatoms. The highest BCUT2D eigenvalue weighted by atomic mass is 19.4. The second kappa shape index (κ2) is 6.33. The molecule has 2 rings (SSSR count). The fourth-order valence-electron chi connectivity index (χ4n) is 2.78. The van der Waals surface area contributed by atoms with Gasteiger partial charge in [-0.2, -0.15) is 13.2 Å². The predicted molar refractivity (Wildman–Crippen MR) is 72.3 cm³/mol. The summed E-state index contributed by atoms with van der Waals surface area (Å²) in [5.41, 5.74) is 0.449. The lowest BCUT2D eigenvalue weighted by atomic mass is 9.78. The van der Waals surface area contributed by atoms with Crippen LogP contribution in [0.5, 0.6) is 0 Å². The van der Waals surface area contributed by atoms with E-state index in [1.54, 1.807) is 25.5 Å². The van der Waals surface area contributed by atoms with Crippen molar-refractivity contribution in [3.05, 3.63) is 47.7 Å². The van der Waals surface area contributed by atoms with E-state index in [0.29, 0.717) is 11.8 Å². The van der Waals surface area contributed by atoms with Crippen molar-refractivity contribution >= 4 is 0 Å². The molecule has 1 saturated carbocycles. The molecule has 0 amide bonds. The summed E-state index contributed by atoms with van der Waals surface area (Å²) in [5, 5.41) is 0. The zero-order chi connectivity index (χ0) is 14.6. The van der Waals surface area contributed by atoms with Gasteiger partial charge >= 0.3 is 6.18 Å². The summed E-state index contributed by atoms with van der Waals surface area (Å²) < 4.78 is 42.4. The molecular weight excluding hydrogens is 265 g/mol. The molecule has 1 aromatic carbocycles. The lowest BCUT2D eigenvalue weighted by Gasteiger charge is -2.27. The molecule has 0 atom stereocenters. The molecule has 20 heavy (non-hydrogen) atoms. The molecule has 1 aliphatic rings. The standard InChI is InChI=1S/C16H19F3O/c1-20-11-10-12-2-4-13(5-3-12)14-6-8-15(9-7-14)16(17,18)19/h6-13H,2-5H2,1H3. The first-order chi connectivity index (χ1) is 9.50. The van der Waals surface area contributed by atoms with Crippen LogP contribution in [0.1, 0.15) is 42.7 Å². The summed E-state index contributed by atoms with van der Waals surface area (Å²) in [6, 6.07) is 5.62. The van der Waals surface area contributed by atoms with Crippen LogP contribution in [0.3, 0.4) is 0 Å². The Kier molecular flexibility index (Phi) is 4.73. The van der Waals surface area contributed by atoms with Crippen LogP contribution in [0.4, 0.5) is 13.2 Å². The number of alkyl halides is 3. The Hall–Kier alpha value is -1.45. The van der Waals surface area contributed by atoms with Crippen LogP contribution in [0, 0.1) is 5.92 Å². The fraction of sp³-hybridized carbons (Fsp3) is 0.500. The summed E-state index contributed by atoms with van der Waals surface area (Å²) in [6.07, 6.45) is 3.69. The number of benzene rings is 1. The van der Waals surface area contributed by atoms with Crippen molar-refractivity contribution in [1.29, 1.82) is 0 Å². The zero-order valence-electron chi connectivity index (χ0n) is 11.5. The largest absolute Gasteiger partial charge is 0.505 e. The van der Waals surface area contributed by atoms with Gasteiger partial charge in [-0.1, -0.05) is 12.1 Å². The lowest BCUT2D eigenvalue weighted by Crippen LogP contribution is -2.12. The van der Waals surface area contributed by atoms with E-state index in [2.05, 4.69) is 6.08 Å². The Morgan fingerprint density at radius 2 is 1.65 bits per heavy atom. The fourth-order valence-corrected chi connectivity index (χ4v) is 2.78. The number of allylic oxidation sites excluding steroid dienone is 1. The van der Waals surface area contributed by atoms with Crippen LogP contribution in [0.15, 0.2) is 36.6 Å². The van der Waals surface area contributed by atoms with Crippen molar-refractivity contribution in [1.82, 2.24) is 0 Å². The van der Waals surface area contributed by atoms with E-state index in [-0.39, 0.29) is 0 Å². The number of ether oxygens (including phenoxy) is 1. The second-order valence-electron chi connectivity index (χ2n) is 5.30. The smallest absolute Gasteiger partial charge is 0.416 e. The maximum absolute atomic E-state index is 12.5. The topological polar surface area (TPSA) is 9.23 Å². The van der Waals surface area contributed by atoms with Gasteiger partial charge in [-0.25, -0.2) is 0 Å². The molecule has 1 fully saturated rings. The van der Waals surface area contributed by atoms with Gasteiger partial charge in [-0.3, -0.25) is 0 Å². The molecule has 0 N–H and O–H groups in total. The Labute approximate surface area is 117 Å². The quantitative estimate of drug-likeness (QED) is 0.698. The van der Waals surface area contributed by atoms with E-state index >= 15 is 0 Å². The van der Waals surface area contributed by atoms with Crippen molar-refractivity contribution < 1.29 is 17.9 Å². The monoisotopic (exact) mass is 284 g/mol. The van der Waals surface area contributed by atoms with Crippen LogP contribution < -0.4 is 0 Å². The van der Waals surface area contributed by atoms with Gasteiger partial charge in [0.1, 0.15) is 0 Å². The van der Waals surface area contributed by atoms with Crippen LogP contribution >= 0.6 is 0 Å². The van der Waals surface area contributed by atoms with E-state index in [1.165, 1.54) is 12.1 Å². The van der Waals surface area contributed by atoms with Crippen molar-refractivity contribution in [2.75, 3.05) is 7.11 Å². The molecule has 0 bridgehead atoms. The molecule has 110 valence electrons. The Bertz CT molecular complexity index is 440. The van der Waals surface area contributed by atoms with Crippen molar-refractivity contribution in [2.24, 2.45) is 5.92 Å². The van der Waals surface area contributed by atoms with E-state index < -0.39 is 11.7 Å². The summed E-state index contributed by atoms with van der Waals surface area (Å²) in [6.45, 7) is 0. The van der Waals surface area contributed by atoms with Gasteiger partial charge in [0.15, 0.2) is 0 Å². The maximum Gasteiger partial charge on any atom is 0.416 e. The summed E-state index contributed by atoms with van der Waals surface area (Å²) in [4.78, 5) is 0. The third-order valence-electron chi connectivity index (χ3n) is 3.97. The minimum atomic E-state index is -4.25. The number of rotatable bonds is 3. The van der Waals surface area contributed by atoms with E-state index in [1.807, 2.05) is 0 Å². The van der Waals surface area contributed by atoms with Crippen LogP contribution in [0.2, 0.25) is 0 Å². The van der Waals surface area contributed by atoms with Crippen LogP contribution in [0.25, 0.3) is 0 Å². The minimum absolute atomic E-state index is 0.379. The normalized spacial score (nSPS) is 24.0. The van der Waals surface area contributed by atoms with Crippen LogP contribution in [-0.4, -0.2) is 7.11 Å². The molecule has 0 spiro atoms. The molecular formula is C16H19F3O. The molecule has 1 nitrogen and oxygen atoms in total. The first-order valence-electron chi connectivity index (χ1n) is 6.87. The Morgan fingerprint density at radius 3 is 2.15 bits per heavy atom. The maximum atomic E-state index is 12.5. The van der Waals surface area contributed by atoms with Gasteiger partial charge in [0, 0.05) is 0 Å². The Balaban J connectivity index is 1.95. The first-order valence-corrected chi connectivity index (χ1v) is 6.87. The van der Waals surface area contributed by atoms with E-state index in [4.69, 9.17) is 4.74 Å². The summed E-state index contributed by atoms with van der Waals surface area (Å²) in [5.74, 6) is 0.908. The zero-order valence-corrected chi connectivity index (χ0v) is 11.5. The summed E-state index contributed by atoms with van der Waals surface area (Å²) in [7, 11) is 1.63. The molecule has 0 aromatic heterocycles. The van der Waals surface area contributed by atoms with Crippen molar-refractivity contribution in [3.8, 4) is 0 Å². The van der Waals surface area contributed by atoms with Gasteiger partial charge in [0.2, 0.25) is 0 Å². The highest BCUT2D eigenvalue weighted by Crippen LogP contribution is 2.37. The second-order valence-corrected chi connectivity index (χ2v) is 5.30. The SMILES string of the molecule is COC=CC1CCC(c2ccc(C(F)(F)F)cc2)CC1. The van der Waals surface area contributed by atoms with E-state index in [9.17, 15) is 13.2 Å². The van der Waals surface area contributed by atoms with Crippen LogP contribution in [-0.2, 0) is 10.9 Å². The molecule has 0 heterocycles. The van der Waals surface area contributed by atoms with Gasteiger partial charge in [-0.15, -0.1) is 0 Å². The molecule has 0 saturated heterocycles. The molecule has 0 radical (unpaired) electrons. The van der Waals surface area contributed by atoms with Gasteiger partial charge in [0.25, 0.3) is 0 Å². The summed E-state index contributed by atoms with van der Waals surface area (Å²) >= 11 is 0. The van der Waals surface area contributed by atoms with Gasteiger partial charge in [0.05, 0.1) is 18.9 Å². The van der Waals surface area contributed by atoms with Crippen molar-refractivity contribution in [2.45, 2.75) is 37.8 Å². The average molecular weight is 284 g/mol. The lowest BCUT2D eigenvalue weighted by molar-refractivity contribution is -0.137. The van der Waals surface area contributed by atoms with E-state index in [0.717, 1.165) is 31.2 Å². The Morgan fingerprint density at radius 1 is 1.05 bits per heavy atom. The molecule has 0 unspecified atom stereocenters. The highest BCUT2D eigenvalue weighted by Gasteiger charge is 2.30. The molecule has 1 aromatic rings. The third-order valence-corrected chi connectivity index (χ3v) is 3.97. The number of hydrogen-bond acceptors (Lipinski definition) is 1. The number of methoxy groups -OCH3 is 1. The molecule has 1 aliphatic carbocycles. The van der Waals surface area contributed by atoms with Gasteiger partial charge < -0.3 is 4.74 Å². The highest BCUT2D eigenvalue weighted by molar-refractivity contribution is 5.27. The number of hydrogen-bond donors (Lipinski definition) is 0. The predicted octanol–water partition coefficient (Wildman–Crippen LogP) is 5.14. The first kappa shape index (κ1) is 14.9. The van der Waals surface area contributed by atoms with Gasteiger partial charge in [-0.05, 0) is 61.3 Å². The van der Waals surface area contributed by atoms with Crippen molar-refractivity contribution in [3.63, 3.8) is 0 Å². The third kappa shape index (κ3) is 3.78. The molecule has 0 aliphatic heterocycles.